The van der Waals surface area contributed by atoms with Crippen LogP contribution in [0.5, 0.6) is 0 Å². The Bertz CT molecular complexity index is 528. The third-order valence-electron chi connectivity index (χ3n) is 1.82. The van der Waals surface area contributed by atoms with Gasteiger partial charge in [0.05, 0.1) is 5.69 Å². The van der Waals surface area contributed by atoms with Crippen molar-refractivity contribution < 1.29 is 4.79 Å². The number of aromatic nitrogens is 3. The number of halogens is 1. The topological polar surface area (TPSA) is 67.8 Å². The summed E-state index contributed by atoms with van der Waals surface area (Å²) < 4.78 is 4.56. The number of hydrogen-bond donors (Lipinski definition) is 1. The Hall–Kier alpha value is -1.34. The second kappa shape index (κ2) is 4.67. The fourth-order valence-electron chi connectivity index (χ4n) is 1.09. The van der Waals surface area contributed by atoms with Gasteiger partial charge in [0.25, 0.3) is 5.91 Å². The van der Waals surface area contributed by atoms with Gasteiger partial charge in [-0.2, -0.15) is 0 Å². The molecule has 0 unspecified atom stereocenters. The maximum Gasteiger partial charge on any atom is 0.270 e. The van der Waals surface area contributed by atoms with Crippen LogP contribution in [0, 0.1) is 6.92 Å². The number of anilines is 1. The molecule has 1 amide bonds. The molecule has 0 atom stereocenters. The molecule has 82 valence electrons. The van der Waals surface area contributed by atoms with Crippen molar-refractivity contribution in [1.29, 1.82) is 0 Å². The molecule has 0 aromatic carbocycles. The van der Waals surface area contributed by atoms with E-state index in [1.807, 2.05) is 0 Å². The lowest BCUT2D eigenvalue weighted by atomic mass is 10.3. The van der Waals surface area contributed by atoms with Gasteiger partial charge in [-0.1, -0.05) is 20.4 Å². The molecule has 0 aliphatic carbocycles. The van der Waals surface area contributed by atoms with Crippen molar-refractivity contribution >= 4 is 39.2 Å². The summed E-state index contributed by atoms with van der Waals surface area (Å²) in [6, 6.07) is 3.51. The largest absolute Gasteiger partial charge is 0.306 e. The van der Waals surface area contributed by atoms with Crippen LogP contribution in [0.3, 0.4) is 0 Å². The maximum absolute atomic E-state index is 11.8. The monoisotopic (exact) mass is 298 g/mol. The highest BCUT2D eigenvalue weighted by Gasteiger charge is 2.13. The molecule has 16 heavy (non-hydrogen) atoms. The van der Waals surface area contributed by atoms with Gasteiger partial charge in [-0.3, -0.25) is 4.79 Å². The average molecular weight is 299 g/mol. The zero-order valence-electron chi connectivity index (χ0n) is 8.27. The highest BCUT2D eigenvalue weighted by atomic mass is 79.9. The Kier molecular flexibility index (Phi) is 3.25. The smallest absolute Gasteiger partial charge is 0.270 e. The number of rotatable bonds is 2. The summed E-state index contributed by atoms with van der Waals surface area (Å²) in [4.78, 5) is 16.3. The number of amides is 1. The van der Waals surface area contributed by atoms with Crippen molar-refractivity contribution in [3.8, 4) is 0 Å². The molecule has 1 N–H and O–H groups in total. The Morgan fingerprint density at radius 2 is 2.38 bits per heavy atom. The fraction of sp³-hybridized carbons (Fsp3) is 0.111. The summed E-state index contributed by atoms with van der Waals surface area (Å²) in [5.41, 5.74) is 0.623. The van der Waals surface area contributed by atoms with Crippen LogP contribution in [-0.2, 0) is 0 Å². The predicted molar refractivity (Wildman–Crippen MR) is 64.5 cm³/mol. The third kappa shape index (κ3) is 2.42. The Morgan fingerprint density at radius 3 is 3.00 bits per heavy atom. The molecular formula is C9H7BrN4OS. The first-order valence-corrected chi connectivity index (χ1v) is 5.95. The van der Waals surface area contributed by atoms with Gasteiger partial charge in [0.15, 0.2) is 0 Å². The molecule has 2 heterocycles. The van der Waals surface area contributed by atoms with Gasteiger partial charge in [0, 0.05) is 10.7 Å². The van der Waals surface area contributed by atoms with E-state index in [1.165, 1.54) is 0 Å². The molecule has 5 nitrogen and oxygen atoms in total. The van der Waals surface area contributed by atoms with Crippen molar-refractivity contribution in [3.63, 3.8) is 0 Å². The van der Waals surface area contributed by atoms with E-state index in [-0.39, 0.29) is 5.91 Å². The minimum absolute atomic E-state index is 0.238. The summed E-state index contributed by atoms with van der Waals surface area (Å²) in [6.45, 7) is 1.74. The minimum atomic E-state index is -0.238. The van der Waals surface area contributed by atoms with E-state index < -0.39 is 0 Å². The predicted octanol–water partition coefficient (Wildman–Crippen LogP) is 2.26. The third-order valence-corrected chi connectivity index (χ3v) is 3.14. The second-order valence-electron chi connectivity index (χ2n) is 3.00. The lowest BCUT2D eigenvalue weighted by Gasteiger charge is -2.02. The van der Waals surface area contributed by atoms with Gasteiger partial charge < -0.3 is 5.32 Å². The zero-order chi connectivity index (χ0) is 11.5. The van der Waals surface area contributed by atoms with Gasteiger partial charge in [0.2, 0.25) is 0 Å². The normalized spacial score (nSPS) is 10.1. The molecule has 0 aliphatic rings. The van der Waals surface area contributed by atoms with Gasteiger partial charge in [-0.05, 0) is 30.6 Å². The van der Waals surface area contributed by atoms with E-state index in [0.29, 0.717) is 16.4 Å². The lowest BCUT2D eigenvalue weighted by molar-refractivity contribution is 0.102. The quantitative estimate of drug-likeness (QED) is 0.923. The first-order valence-electron chi connectivity index (χ1n) is 4.38. The number of nitrogens with zero attached hydrogens (tertiary/aromatic N) is 3. The molecule has 0 saturated heterocycles. The van der Waals surface area contributed by atoms with E-state index >= 15 is 0 Å². The van der Waals surface area contributed by atoms with E-state index in [1.54, 1.807) is 25.3 Å². The van der Waals surface area contributed by atoms with E-state index in [2.05, 4.69) is 35.8 Å². The van der Waals surface area contributed by atoms with E-state index in [0.717, 1.165) is 16.0 Å². The minimum Gasteiger partial charge on any atom is -0.306 e. The van der Waals surface area contributed by atoms with Crippen molar-refractivity contribution in [2.24, 2.45) is 0 Å². The Labute approximate surface area is 104 Å². The molecule has 0 saturated carbocycles. The van der Waals surface area contributed by atoms with Crippen LogP contribution in [0.2, 0.25) is 0 Å². The van der Waals surface area contributed by atoms with Crippen molar-refractivity contribution in [2.45, 2.75) is 6.92 Å². The molecule has 0 spiro atoms. The van der Waals surface area contributed by atoms with Gasteiger partial charge in [-0.25, -0.2) is 4.98 Å². The standard InChI is InChI=1S/C9H7BrN4OS/c1-5-8(16-14-13-5)9(15)12-7-4-6(10)2-3-11-7/h2-4H,1H3,(H,11,12,15). The van der Waals surface area contributed by atoms with Crippen LogP contribution in [0.4, 0.5) is 5.82 Å². The van der Waals surface area contributed by atoms with Gasteiger partial charge in [-0.15, -0.1) is 5.10 Å². The molecule has 2 aromatic heterocycles. The number of hydrogen-bond acceptors (Lipinski definition) is 5. The summed E-state index contributed by atoms with van der Waals surface area (Å²) in [5, 5.41) is 6.45. The molecular weight excluding hydrogens is 292 g/mol. The fourth-order valence-corrected chi connectivity index (χ4v) is 1.97. The number of nitrogens with one attached hydrogen (secondary N) is 1. The van der Waals surface area contributed by atoms with E-state index in [4.69, 9.17) is 0 Å². The van der Waals surface area contributed by atoms with Crippen LogP contribution >= 0.6 is 27.5 Å². The SMILES string of the molecule is Cc1nnsc1C(=O)Nc1cc(Br)ccn1. The summed E-state index contributed by atoms with van der Waals surface area (Å²) in [5.74, 6) is 0.255. The molecule has 0 fully saturated rings. The van der Waals surface area contributed by atoms with Crippen molar-refractivity contribution in [2.75, 3.05) is 5.32 Å². The molecule has 2 aromatic rings. The number of aryl methyl sites for hydroxylation is 1. The number of pyridine rings is 1. The van der Waals surface area contributed by atoms with Crippen LogP contribution in [-0.4, -0.2) is 20.5 Å². The zero-order valence-corrected chi connectivity index (χ0v) is 10.7. The first-order chi connectivity index (χ1) is 7.66. The number of carbonyl (C=O) groups is 1. The Balaban J connectivity index is 2.17. The lowest BCUT2D eigenvalue weighted by Crippen LogP contribution is -2.12. The van der Waals surface area contributed by atoms with Gasteiger partial charge >= 0.3 is 0 Å². The summed E-state index contributed by atoms with van der Waals surface area (Å²) >= 11 is 4.37. The summed E-state index contributed by atoms with van der Waals surface area (Å²) in [7, 11) is 0. The molecule has 0 radical (unpaired) electrons. The van der Waals surface area contributed by atoms with Crippen molar-refractivity contribution in [1.82, 2.24) is 14.6 Å². The maximum atomic E-state index is 11.8. The van der Waals surface area contributed by atoms with Crippen LogP contribution in [0.25, 0.3) is 0 Å². The summed E-state index contributed by atoms with van der Waals surface area (Å²) in [6.07, 6.45) is 1.61. The Morgan fingerprint density at radius 1 is 1.56 bits per heavy atom. The van der Waals surface area contributed by atoms with Gasteiger partial charge in [0.1, 0.15) is 10.7 Å². The van der Waals surface area contributed by atoms with Crippen LogP contribution in [0.15, 0.2) is 22.8 Å². The molecule has 0 bridgehead atoms. The van der Waals surface area contributed by atoms with E-state index in [9.17, 15) is 4.79 Å². The highest BCUT2D eigenvalue weighted by molar-refractivity contribution is 9.10. The first kappa shape index (κ1) is 11.2. The molecule has 7 heteroatoms. The van der Waals surface area contributed by atoms with Crippen molar-refractivity contribution in [3.05, 3.63) is 33.4 Å². The average Bonchev–Trinajstić information content (AvgIpc) is 2.64. The van der Waals surface area contributed by atoms with Crippen LogP contribution in [0.1, 0.15) is 15.4 Å². The highest BCUT2D eigenvalue weighted by Crippen LogP contribution is 2.15. The molecule has 0 aliphatic heterocycles. The van der Waals surface area contributed by atoms with Crippen LogP contribution < -0.4 is 5.32 Å². The second-order valence-corrected chi connectivity index (χ2v) is 4.67. The number of carbonyl (C=O) groups excluding carboxylic acids is 1. The molecule has 2 rings (SSSR count).